The summed E-state index contributed by atoms with van der Waals surface area (Å²) in [6.45, 7) is 0. The van der Waals surface area contributed by atoms with Crippen LogP contribution in [-0.4, -0.2) is 17.8 Å². The lowest BCUT2D eigenvalue weighted by molar-refractivity contribution is -0.129. The van der Waals surface area contributed by atoms with E-state index >= 15 is 0 Å². The lowest BCUT2D eigenvalue weighted by atomic mass is 10.0. The molecule has 0 unspecified atom stereocenters. The number of nitrogens with zero attached hydrogens (tertiary/aromatic N) is 1. The standard InChI is InChI=1S/C29H16Br2ClNO4/c30-23-14-17(15-24(31)26(23)36-28(34)21-10-12-22(32)13-11-21)16-25-29(35)37-27(33-25)20-8-6-19(7-9-20)18-4-2-1-3-5-18/h1-16H/b25-16-. The van der Waals surface area contributed by atoms with Gasteiger partial charge in [-0.2, -0.15) is 0 Å². The van der Waals surface area contributed by atoms with Crippen LogP contribution in [0.5, 0.6) is 5.75 Å². The molecule has 0 spiro atoms. The number of benzene rings is 4. The van der Waals surface area contributed by atoms with Gasteiger partial charge in [0, 0.05) is 10.6 Å². The fourth-order valence-electron chi connectivity index (χ4n) is 3.62. The Balaban J connectivity index is 1.36. The molecule has 0 fully saturated rings. The van der Waals surface area contributed by atoms with Crippen molar-refractivity contribution in [1.82, 2.24) is 0 Å². The zero-order chi connectivity index (χ0) is 25.9. The van der Waals surface area contributed by atoms with Crippen LogP contribution < -0.4 is 4.74 Å². The Bertz CT molecular complexity index is 1540. The van der Waals surface area contributed by atoms with Crippen molar-refractivity contribution in [2.45, 2.75) is 0 Å². The van der Waals surface area contributed by atoms with Crippen LogP contribution >= 0.6 is 43.5 Å². The molecule has 1 aliphatic rings. The molecule has 4 aromatic rings. The topological polar surface area (TPSA) is 65.0 Å². The van der Waals surface area contributed by atoms with Crippen LogP contribution in [0.3, 0.4) is 0 Å². The second-order valence-corrected chi connectivity index (χ2v) is 10.1. The fourth-order valence-corrected chi connectivity index (χ4v) is 5.13. The zero-order valence-corrected chi connectivity index (χ0v) is 22.9. The maximum Gasteiger partial charge on any atom is 0.363 e. The molecule has 0 amide bonds. The molecule has 0 N–H and O–H groups in total. The van der Waals surface area contributed by atoms with Crippen molar-refractivity contribution < 1.29 is 19.1 Å². The van der Waals surface area contributed by atoms with E-state index in [0.717, 1.165) is 11.1 Å². The second kappa shape index (κ2) is 10.8. The van der Waals surface area contributed by atoms with Crippen LogP contribution in [0.2, 0.25) is 5.02 Å². The molecule has 37 heavy (non-hydrogen) atoms. The highest BCUT2D eigenvalue weighted by Crippen LogP contribution is 2.36. The largest absolute Gasteiger partial charge is 0.421 e. The van der Waals surface area contributed by atoms with Crippen LogP contribution in [0.1, 0.15) is 21.5 Å². The van der Waals surface area contributed by atoms with Gasteiger partial charge in [0.05, 0.1) is 14.5 Å². The minimum absolute atomic E-state index is 0.159. The number of ether oxygens (including phenoxy) is 2. The number of hydrogen-bond acceptors (Lipinski definition) is 5. The molecular weight excluding hydrogens is 622 g/mol. The highest BCUT2D eigenvalue weighted by molar-refractivity contribution is 9.11. The summed E-state index contributed by atoms with van der Waals surface area (Å²) in [5.41, 5.74) is 4.02. The summed E-state index contributed by atoms with van der Waals surface area (Å²) >= 11 is 12.8. The predicted molar refractivity (Wildman–Crippen MR) is 151 cm³/mol. The number of carbonyl (C=O) groups is 2. The van der Waals surface area contributed by atoms with Gasteiger partial charge in [0.25, 0.3) is 0 Å². The summed E-state index contributed by atoms with van der Waals surface area (Å²) in [5, 5.41) is 0.525. The van der Waals surface area contributed by atoms with Crippen molar-refractivity contribution in [2.75, 3.05) is 0 Å². The average Bonchev–Trinajstić information content (AvgIpc) is 3.27. The molecule has 0 saturated carbocycles. The number of esters is 2. The van der Waals surface area contributed by atoms with Gasteiger partial charge in [-0.3, -0.25) is 0 Å². The van der Waals surface area contributed by atoms with Crippen molar-refractivity contribution in [2.24, 2.45) is 4.99 Å². The lowest BCUT2D eigenvalue weighted by Crippen LogP contribution is -2.09. The van der Waals surface area contributed by atoms with E-state index in [1.807, 2.05) is 54.6 Å². The summed E-state index contributed by atoms with van der Waals surface area (Å²) < 4.78 is 12.0. The number of aliphatic imine (C=N–C) groups is 1. The molecule has 0 aromatic heterocycles. The van der Waals surface area contributed by atoms with Gasteiger partial charge in [-0.05, 0) is 103 Å². The van der Waals surface area contributed by atoms with Gasteiger partial charge in [-0.15, -0.1) is 0 Å². The zero-order valence-electron chi connectivity index (χ0n) is 19.0. The minimum atomic E-state index is -0.548. The third-order valence-corrected chi connectivity index (χ3v) is 6.89. The molecule has 1 aliphatic heterocycles. The quantitative estimate of drug-likeness (QED) is 0.126. The van der Waals surface area contributed by atoms with Crippen LogP contribution in [0.4, 0.5) is 0 Å². The van der Waals surface area contributed by atoms with E-state index in [1.165, 1.54) is 0 Å². The molecule has 5 nitrogen and oxygen atoms in total. The van der Waals surface area contributed by atoms with E-state index in [0.29, 0.717) is 36.4 Å². The predicted octanol–water partition coefficient (Wildman–Crippen LogP) is 8.10. The molecule has 182 valence electrons. The first kappa shape index (κ1) is 25.1. The average molecular weight is 638 g/mol. The van der Waals surface area contributed by atoms with E-state index < -0.39 is 11.9 Å². The Morgan fingerprint density at radius 1 is 0.838 bits per heavy atom. The molecule has 0 radical (unpaired) electrons. The summed E-state index contributed by atoms with van der Waals surface area (Å²) in [6.07, 6.45) is 1.61. The van der Waals surface area contributed by atoms with Crippen molar-refractivity contribution >= 4 is 67.4 Å². The van der Waals surface area contributed by atoms with Crippen molar-refractivity contribution in [3.8, 4) is 16.9 Å². The van der Waals surface area contributed by atoms with E-state index in [1.54, 1.807) is 42.5 Å². The van der Waals surface area contributed by atoms with Crippen molar-refractivity contribution in [1.29, 1.82) is 0 Å². The minimum Gasteiger partial charge on any atom is -0.421 e. The number of cyclic esters (lactones) is 1. The van der Waals surface area contributed by atoms with Crippen molar-refractivity contribution in [3.05, 3.63) is 127 Å². The van der Waals surface area contributed by atoms with Gasteiger partial charge in [-0.1, -0.05) is 54.1 Å². The molecular formula is C29H16Br2ClNO4. The van der Waals surface area contributed by atoms with Gasteiger partial charge >= 0.3 is 11.9 Å². The van der Waals surface area contributed by atoms with Gasteiger partial charge in [0.2, 0.25) is 5.90 Å². The Kier molecular flexibility index (Phi) is 7.37. The van der Waals surface area contributed by atoms with Gasteiger partial charge in [0.15, 0.2) is 11.4 Å². The molecule has 0 bridgehead atoms. The first-order valence-electron chi connectivity index (χ1n) is 11.0. The number of rotatable bonds is 5. The fraction of sp³-hybridized carbons (Fsp3) is 0. The van der Waals surface area contributed by atoms with Crippen LogP contribution in [0.25, 0.3) is 17.2 Å². The van der Waals surface area contributed by atoms with Gasteiger partial charge in [-0.25, -0.2) is 14.6 Å². The van der Waals surface area contributed by atoms with E-state index in [9.17, 15) is 9.59 Å². The summed E-state index contributed by atoms with van der Waals surface area (Å²) in [5.74, 6) is -0.537. The number of hydrogen-bond donors (Lipinski definition) is 0. The molecule has 4 aromatic carbocycles. The van der Waals surface area contributed by atoms with E-state index in [-0.39, 0.29) is 11.6 Å². The lowest BCUT2D eigenvalue weighted by Gasteiger charge is -2.10. The highest BCUT2D eigenvalue weighted by atomic mass is 79.9. The first-order chi connectivity index (χ1) is 17.9. The van der Waals surface area contributed by atoms with Gasteiger partial charge in [0.1, 0.15) is 0 Å². The first-order valence-corrected chi connectivity index (χ1v) is 13.0. The Morgan fingerprint density at radius 3 is 2.08 bits per heavy atom. The Hall–Kier alpha value is -3.52. The van der Waals surface area contributed by atoms with E-state index in [2.05, 4.69) is 36.9 Å². The molecule has 0 aliphatic carbocycles. The molecule has 0 atom stereocenters. The molecule has 8 heteroatoms. The van der Waals surface area contributed by atoms with Crippen molar-refractivity contribution in [3.63, 3.8) is 0 Å². The van der Waals surface area contributed by atoms with Crippen LogP contribution in [-0.2, 0) is 9.53 Å². The smallest absolute Gasteiger partial charge is 0.363 e. The number of carbonyl (C=O) groups excluding carboxylic acids is 2. The summed E-state index contributed by atoms with van der Waals surface area (Å²) in [7, 11) is 0. The Morgan fingerprint density at radius 2 is 1.43 bits per heavy atom. The highest BCUT2D eigenvalue weighted by Gasteiger charge is 2.24. The molecule has 5 rings (SSSR count). The maximum atomic E-state index is 12.5. The molecule has 1 heterocycles. The number of halogens is 3. The van der Waals surface area contributed by atoms with Crippen LogP contribution in [0.15, 0.2) is 111 Å². The maximum absolute atomic E-state index is 12.5. The van der Waals surface area contributed by atoms with E-state index in [4.69, 9.17) is 21.1 Å². The normalized spacial score (nSPS) is 13.9. The second-order valence-electron chi connectivity index (χ2n) is 7.99. The third-order valence-electron chi connectivity index (χ3n) is 5.46. The summed E-state index contributed by atoms with van der Waals surface area (Å²) in [4.78, 5) is 29.4. The SMILES string of the molecule is O=C1OC(c2ccc(-c3ccccc3)cc2)=N/C1=C\c1cc(Br)c(OC(=O)c2ccc(Cl)cc2)c(Br)c1. The molecule has 0 saturated heterocycles. The Labute approximate surface area is 234 Å². The third kappa shape index (κ3) is 5.74. The monoisotopic (exact) mass is 635 g/mol. The van der Waals surface area contributed by atoms with Gasteiger partial charge < -0.3 is 9.47 Å². The summed E-state index contributed by atoms with van der Waals surface area (Å²) in [6, 6.07) is 27.5. The van der Waals surface area contributed by atoms with Crippen LogP contribution in [0, 0.1) is 0 Å².